The molecule has 1 unspecified atom stereocenters. The first-order valence-corrected chi connectivity index (χ1v) is 9.04. The van der Waals surface area contributed by atoms with Crippen molar-refractivity contribution in [3.63, 3.8) is 0 Å². The van der Waals surface area contributed by atoms with Crippen molar-refractivity contribution in [3.8, 4) is 17.6 Å². The zero-order chi connectivity index (χ0) is 20.5. The summed E-state index contributed by atoms with van der Waals surface area (Å²) in [7, 11) is 1.56. The highest BCUT2D eigenvalue weighted by atomic mass is 16.5. The lowest BCUT2D eigenvalue weighted by Crippen LogP contribution is -2.28. The average Bonchev–Trinajstić information content (AvgIpc) is 2.70. The summed E-state index contributed by atoms with van der Waals surface area (Å²) in [6, 6.07) is 14.7. The minimum Gasteiger partial charge on any atom is -0.495 e. The largest absolute Gasteiger partial charge is 0.495 e. The minimum absolute atomic E-state index is 0.0385. The molecule has 0 aliphatic carbocycles. The number of nitriles is 1. The lowest BCUT2D eigenvalue weighted by molar-refractivity contribution is -0.117. The van der Waals surface area contributed by atoms with E-state index in [9.17, 15) is 10.1 Å². The van der Waals surface area contributed by atoms with Gasteiger partial charge in [0.1, 0.15) is 23.1 Å². The van der Waals surface area contributed by atoms with Gasteiger partial charge in [0.25, 0.3) is 5.91 Å². The number of methoxy groups -OCH3 is 1. The maximum atomic E-state index is 12.6. The van der Waals surface area contributed by atoms with Crippen LogP contribution in [0.25, 0.3) is 0 Å². The molecule has 2 aromatic carbocycles. The number of benzene rings is 2. The Bertz CT molecular complexity index is 900. The van der Waals surface area contributed by atoms with E-state index in [0.29, 0.717) is 18.0 Å². The van der Waals surface area contributed by atoms with Crippen LogP contribution in [0.4, 0.5) is 5.69 Å². The third-order valence-electron chi connectivity index (χ3n) is 4.12. The van der Waals surface area contributed by atoms with E-state index >= 15 is 0 Å². The quantitative estimate of drug-likeness (QED) is 0.533. The first-order valence-electron chi connectivity index (χ1n) is 9.04. The molecule has 0 fully saturated rings. The fourth-order valence-corrected chi connectivity index (χ4v) is 2.71. The molecule has 2 N–H and O–H groups in total. The van der Waals surface area contributed by atoms with Crippen LogP contribution in [0.5, 0.6) is 11.5 Å². The van der Waals surface area contributed by atoms with Gasteiger partial charge >= 0.3 is 0 Å². The maximum absolute atomic E-state index is 12.6. The van der Waals surface area contributed by atoms with Gasteiger partial charge in [0.2, 0.25) is 0 Å². The highest BCUT2D eigenvalue weighted by Gasteiger charge is 2.17. The number of hydrogen-bond donors (Lipinski definition) is 2. The topological polar surface area (TPSA) is 83.4 Å². The van der Waals surface area contributed by atoms with Gasteiger partial charge in [-0.25, -0.2) is 0 Å². The predicted molar refractivity (Wildman–Crippen MR) is 109 cm³/mol. The van der Waals surface area contributed by atoms with E-state index in [1.807, 2.05) is 57.2 Å². The van der Waals surface area contributed by atoms with Crippen LogP contribution in [0.1, 0.15) is 31.0 Å². The number of carbonyl (C=O) groups is 1. The van der Waals surface area contributed by atoms with E-state index in [0.717, 1.165) is 16.9 Å². The van der Waals surface area contributed by atoms with Crippen molar-refractivity contribution in [1.82, 2.24) is 5.32 Å². The molecule has 6 nitrogen and oxygen atoms in total. The summed E-state index contributed by atoms with van der Waals surface area (Å²) < 4.78 is 10.9. The number of carbonyl (C=O) groups excluding carboxylic acids is 1. The molecule has 0 heterocycles. The normalized spacial score (nSPS) is 11.9. The summed E-state index contributed by atoms with van der Waals surface area (Å²) in [5.41, 5.74) is 2.55. The van der Waals surface area contributed by atoms with Crippen LogP contribution in [0.15, 0.2) is 54.2 Å². The smallest absolute Gasteiger partial charge is 0.263 e. The van der Waals surface area contributed by atoms with Gasteiger partial charge in [0, 0.05) is 11.8 Å². The van der Waals surface area contributed by atoms with Crippen molar-refractivity contribution in [2.75, 3.05) is 19.0 Å². The number of hydrogen-bond acceptors (Lipinski definition) is 5. The van der Waals surface area contributed by atoms with Crippen LogP contribution in [-0.4, -0.2) is 19.6 Å². The Hall–Kier alpha value is -3.46. The SMILES string of the molecule is CCOc1ccc(C)cc1C(C)NC(=O)/C(C#N)=C\Nc1ccccc1OC. The predicted octanol–water partition coefficient (Wildman–Crippen LogP) is 4.10. The molecule has 28 heavy (non-hydrogen) atoms. The van der Waals surface area contributed by atoms with E-state index in [1.165, 1.54) is 6.20 Å². The number of aryl methyl sites for hydroxylation is 1. The number of rotatable bonds is 8. The monoisotopic (exact) mass is 379 g/mol. The van der Waals surface area contributed by atoms with Crippen LogP contribution >= 0.6 is 0 Å². The summed E-state index contributed by atoms with van der Waals surface area (Å²) in [4.78, 5) is 12.6. The lowest BCUT2D eigenvalue weighted by atomic mass is 10.0. The standard InChI is InChI=1S/C22H25N3O3/c1-5-28-20-11-10-15(2)12-18(20)16(3)25-22(26)17(13-23)14-24-19-8-6-7-9-21(19)27-4/h6-12,14,16,24H,5H2,1-4H3,(H,25,26)/b17-14-. The molecule has 0 radical (unpaired) electrons. The van der Waals surface area contributed by atoms with Gasteiger partial charge in [-0.2, -0.15) is 5.26 Å². The number of ether oxygens (including phenoxy) is 2. The second kappa shape index (κ2) is 10.0. The fourth-order valence-electron chi connectivity index (χ4n) is 2.71. The van der Waals surface area contributed by atoms with Crippen LogP contribution in [0, 0.1) is 18.3 Å². The van der Waals surface area contributed by atoms with Gasteiger partial charge in [-0.1, -0.05) is 29.8 Å². The van der Waals surface area contributed by atoms with Gasteiger partial charge in [0.05, 0.1) is 25.4 Å². The summed E-state index contributed by atoms with van der Waals surface area (Å²) in [5, 5.41) is 15.2. The molecular formula is C22H25N3O3. The Balaban J connectivity index is 2.16. The third-order valence-corrected chi connectivity index (χ3v) is 4.12. The Morgan fingerprint density at radius 1 is 1.25 bits per heavy atom. The van der Waals surface area contributed by atoms with E-state index in [4.69, 9.17) is 9.47 Å². The summed E-state index contributed by atoms with van der Waals surface area (Å²) in [5.74, 6) is 0.864. The molecule has 1 atom stereocenters. The van der Waals surface area contributed by atoms with E-state index in [-0.39, 0.29) is 11.6 Å². The van der Waals surface area contributed by atoms with Crippen LogP contribution < -0.4 is 20.1 Å². The molecule has 2 aromatic rings. The Morgan fingerprint density at radius 3 is 2.68 bits per heavy atom. The molecule has 146 valence electrons. The highest BCUT2D eigenvalue weighted by Crippen LogP contribution is 2.27. The van der Waals surface area contributed by atoms with E-state index in [2.05, 4.69) is 10.6 Å². The second-order valence-corrected chi connectivity index (χ2v) is 6.18. The first-order chi connectivity index (χ1) is 13.5. The number of nitrogens with one attached hydrogen (secondary N) is 2. The third kappa shape index (κ3) is 5.27. The molecule has 6 heteroatoms. The molecule has 0 saturated carbocycles. The van der Waals surface area contributed by atoms with Gasteiger partial charge in [-0.15, -0.1) is 0 Å². The van der Waals surface area contributed by atoms with Crippen molar-refractivity contribution >= 4 is 11.6 Å². The molecule has 2 rings (SSSR count). The van der Waals surface area contributed by atoms with E-state index < -0.39 is 5.91 Å². The Labute approximate surface area is 165 Å². The van der Waals surface area contributed by atoms with Gasteiger partial charge in [0.15, 0.2) is 0 Å². The van der Waals surface area contributed by atoms with Gasteiger partial charge in [-0.05, 0) is 39.0 Å². The van der Waals surface area contributed by atoms with Crippen LogP contribution in [0.2, 0.25) is 0 Å². The molecule has 0 bridgehead atoms. The highest BCUT2D eigenvalue weighted by molar-refractivity contribution is 5.97. The molecule has 0 aliphatic heterocycles. The zero-order valence-electron chi connectivity index (χ0n) is 16.6. The number of nitrogens with zero attached hydrogens (tertiary/aromatic N) is 1. The lowest BCUT2D eigenvalue weighted by Gasteiger charge is -2.18. The molecule has 0 aliphatic rings. The van der Waals surface area contributed by atoms with Crippen molar-refractivity contribution < 1.29 is 14.3 Å². The summed E-state index contributed by atoms with van der Waals surface area (Å²) in [6.07, 6.45) is 1.37. The zero-order valence-corrected chi connectivity index (χ0v) is 16.6. The van der Waals surface area contributed by atoms with Gasteiger partial charge < -0.3 is 20.1 Å². The first kappa shape index (κ1) is 20.8. The molecular weight excluding hydrogens is 354 g/mol. The minimum atomic E-state index is -0.471. The Morgan fingerprint density at radius 2 is 2.00 bits per heavy atom. The van der Waals surface area contributed by atoms with Crippen molar-refractivity contribution in [3.05, 3.63) is 65.4 Å². The Kier molecular flexibility index (Phi) is 7.46. The average molecular weight is 379 g/mol. The second-order valence-electron chi connectivity index (χ2n) is 6.18. The van der Waals surface area contributed by atoms with Crippen molar-refractivity contribution in [2.24, 2.45) is 0 Å². The van der Waals surface area contributed by atoms with Gasteiger partial charge in [-0.3, -0.25) is 4.79 Å². The van der Waals surface area contributed by atoms with E-state index in [1.54, 1.807) is 19.2 Å². The van der Waals surface area contributed by atoms with Crippen LogP contribution in [-0.2, 0) is 4.79 Å². The number of anilines is 1. The summed E-state index contributed by atoms with van der Waals surface area (Å²) >= 11 is 0. The molecule has 1 amide bonds. The maximum Gasteiger partial charge on any atom is 0.263 e. The molecule has 0 aromatic heterocycles. The number of para-hydroxylation sites is 2. The number of amides is 1. The fraction of sp³-hybridized carbons (Fsp3) is 0.273. The van der Waals surface area contributed by atoms with Crippen molar-refractivity contribution in [2.45, 2.75) is 26.8 Å². The van der Waals surface area contributed by atoms with Crippen molar-refractivity contribution in [1.29, 1.82) is 5.26 Å². The summed E-state index contributed by atoms with van der Waals surface area (Å²) in [6.45, 7) is 6.28. The molecule has 0 saturated heterocycles. The van der Waals surface area contributed by atoms with Crippen LogP contribution in [0.3, 0.4) is 0 Å². The molecule has 0 spiro atoms.